The first-order valence-corrected chi connectivity index (χ1v) is 6.24. The summed E-state index contributed by atoms with van der Waals surface area (Å²) in [5, 5.41) is 2.37. The lowest BCUT2D eigenvalue weighted by Gasteiger charge is -2.27. The van der Waals surface area contributed by atoms with Gasteiger partial charge in [0.05, 0.1) is 18.3 Å². The largest absolute Gasteiger partial charge is 0.391 e. The molecule has 0 unspecified atom stereocenters. The van der Waals surface area contributed by atoms with Crippen molar-refractivity contribution < 1.29 is 18.0 Å². The molecule has 2 aromatic heterocycles. The molecule has 1 amide bonds. The molecule has 114 valence electrons. The number of halogens is 3. The Balaban J connectivity index is 2.18. The fraction of sp³-hybridized carbons (Fsp3) is 0.462. The summed E-state index contributed by atoms with van der Waals surface area (Å²) in [4.78, 5) is 20.2. The fourth-order valence-electron chi connectivity index (χ4n) is 2.07. The lowest BCUT2D eigenvalue weighted by atomic mass is 10.00. The molecule has 0 saturated heterocycles. The van der Waals surface area contributed by atoms with Crippen molar-refractivity contribution in [3.05, 3.63) is 24.2 Å². The summed E-state index contributed by atoms with van der Waals surface area (Å²) < 4.78 is 39.0. The van der Waals surface area contributed by atoms with Crippen LogP contribution < -0.4 is 5.32 Å². The lowest BCUT2D eigenvalue weighted by Crippen LogP contribution is -2.46. The normalized spacial score (nSPS) is 12.7. The van der Waals surface area contributed by atoms with Crippen LogP contribution in [-0.2, 0) is 7.05 Å². The molecule has 0 saturated carbocycles. The molecular weight excluding hydrogens is 285 g/mol. The molecule has 0 aliphatic rings. The highest BCUT2D eigenvalue weighted by molar-refractivity contribution is 5.96. The van der Waals surface area contributed by atoms with Crippen LogP contribution in [0.25, 0.3) is 11.2 Å². The van der Waals surface area contributed by atoms with Gasteiger partial charge in [-0.3, -0.25) is 4.79 Å². The molecule has 21 heavy (non-hydrogen) atoms. The van der Waals surface area contributed by atoms with Gasteiger partial charge in [0.2, 0.25) is 0 Å². The number of hydrogen-bond acceptors (Lipinski definition) is 3. The fourth-order valence-corrected chi connectivity index (χ4v) is 2.07. The summed E-state index contributed by atoms with van der Waals surface area (Å²) in [5.74, 6) is -0.607. The highest BCUT2D eigenvalue weighted by Gasteiger charge is 2.37. The lowest BCUT2D eigenvalue weighted by molar-refractivity contribution is -0.146. The average molecular weight is 300 g/mol. The number of carbonyl (C=O) groups excluding carboxylic acids is 1. The summed E-state index contributed by atoms with van der Waals surface area (Å²) in [5.41, 5.74) is -0.106. The number of amides is 1. The van der Waals surface area contributed by atoms with Crippen LogP contribution in [0, 0.1) is 0 Å². The number of hydrogen-bond donors (Lipinski definition) is 1. The number of aryl methyl sites for hydroxylation is 1. The Morgan fingerprint density at radius 1 is 1.33 bits per heavy atom. The molecule has 0 fully saturated rings. The molecule has 2 rings (SSSR count). The summed E-state index contributed by atoms with van der Waals surface area (Å²) in [6.07, 6.45) is -2.58. The minimum Gasteiger partial charge on any atom is -0.347 e. The highest BCUT2D eigenvalue weighted by atomic mass is 19.4. The number of carbonyl (C=O) groups is 1. The average Bonchev–Trinajstić information content (AvgIpc) is 2.66. The molecule has 0 spiro atoms. The van der Waals surface area contributed by atoms with Gasteiger partial charge in [-0.15, -0.1) is 0 Å². The first-order chi connectivity index (χ1) is 9.57. The van der Waals surface area contributed by atoms with Crippen molar-refractivity contribution in [2.45, 2.75) is 32.0 Å². The van der Waals surface area contributed by atoms with E-state index in [4.69, 9.17) is 0 Å². The number of alkyl halides is 3. The van der Waals surface area contributed by atoms with Crippen LogP contribution >= 0.6 is 0 Å². The number of aromatic nitrogens is 3. The van der Waals surface area contributed by atoms with Gasteiger partial charge in [-0.05, 0) is 19.9 Å². The molecule has 0 aliphatic heterocycles. The Kier molecular flexibility index (Phi) is 3.65. The zero-order valence-electron chi connectivity index (χ0n) is 11.8. The van der Waals surface area contributed by atoms with Crippen molar-refractivity contribution in [2.75, 3.05) is 0 Å². The molecule has 0 aliphatic carbocycles. The van der Waals surface area contributed by atoms with Crippen LogP contribution in [0.5, 0.6) is 0 Å². The maximum absolute atomic E-state index is 12.4. The van der Waals surface area contributed by atoms with Gasteiger partial charge in [-0.25, -0.2) is 9.97 Å². The van der Waals surface area contributed by atoms with Gasteiger partial charge < -0.3 is 9.88 Å². The number of nitrogens with zero attached hydrogens (tertiary/aromatic N) is 3. The predicted molar refractivity (Wildman–Crippen MR) is 70.7 cm³/mol. The number of nitrogens with one attached hydrogen (secondary N) is 1. The monoisotopic (exact) mass is 300 g/mol. The van der Waals surface area contributed by atoms with Crippen molar-refractivity contribution >= 4 is 17.1 Å². The summed E-state index contributed by atoms with van der Waals surface area (Å²) in [6.45, 7) is 2.65. The van der Waals surface area contributed by atoms with E-state index in [9.17, 15) is 18.0 Å². The highest BCUT2D eigenvalue weighted by Crippen LogP contribution is 2.27. The van der Waals surface area contributed by atoms with E-state index in [1.807, 2.05) is 0 Å². The molecular formula is C13H15F3N4O. The van der Waals surface area contributed by atoms with Gasteiger partial charge in [-0.1, -0.05) is 0 Å². The first-order valence-electron chi connectivity index (χ1n) is 6.24. The van der Waals surface area contributed by atoms with Crippen molar-refractivity contribution in [1.82, 2.24) is 19.9 Å². The molecule has 0 atom stereocenters. The van der Waals surface area contributed by atoms with Crippen LogP contribution in [0.1, 0.15) is 30.6 Å². The molecule has 8 heteroatoms. The van der Waals surface area contributed by atoms with Crippen LogP contribution in [0.3, 0.4) is 0 Å². The minimum atomic E-state index is -4.35. The van der Waals surface area contributed by atoms with Crippen LogP contribution in [0.2, 0.25) is 0 Å². The Bertz CT molecular complexity index is 676. The molecule has 2 aromatic rings. The van der Waals surface area contributed by atoms with Gasteiger partial charge in [0, 0.05) is 18.8 Å². The molecule has 0 bridgehead atoms. The Morgan fingerprint density at radius 3 is 2.62 bits per heavy atom. The van der Waals surface area contributed by atoms with E-state index >= 15 is 0 Å². The van der Waals surface area contributed by atoms with Crippen molar-refractivity contribution in [2.24, 2.45) is 7.05 Å². The zero-order chi connectivity index (χ0) is 15.8. The van der Waals surface area contributed by atoms with Gasteiger partial charge in [0.1, 0.15) is 5.52 Å². The molecule has 0 radical (unpaired) electrons. The summed E-state index contributed by atoms with van der Waals surface area (Å²) in [7, 11) is 1.76. The molecule has 5 nitrogen and oxygen atoms in total. The number of rotatable bonds is 3. The Labute approximate surface area is 119 Å². The maximum atomic E-state index is 12.4. The van der Waals surface area contributed by atoms with Crippen molar-refractivity contribution in [3.63, 3.8) is 0 Å². The third kappa shape index (κ3) is 3.71. The molecule has 0 aromatic carbocycles. The third-order valence-corrected chi connectivity index (χ3v) is 2.91. The van der Waals surface area contributed by atoms with E-state index < -0.39 is 24.0 Å². The second kappa shape index (κ2) is 5.01. The van der Waals surface area contributed by atoms with E-state index in [2.05, 4.69) is 15.3 Å². The zero-order valence-corrected chi connectivity index (χ0v) is 11.8. The second-order valence-corrected chi connectivity index (χ2v) is 5.55. The maximum Gasteiger partial charge on any atom is 0.391 e. The molecule has 1 N–H and O–H groups in total. The van der Waals surface area contributed by atoms with Crippen molar-refractivity contribution in [1.29, 1.82) is 0 Å². The van der Waals surface area contributed by atoms with Gasteiger partial charge >= 0.3 is 6.18 Å². The van der Waals surface area contributed by atoms with E-state index in [0.29, 0.717) is 11.2 Å². The summed E-state index contributed by atoms with van der Waals surface area (Å²) >= 11 is 0. The quantitative estimate of drug-likeness (QED) is 0.947. The predicted octanol–water partition coefficient (Wildman–Crippen LogP) is 2.43. The Hall–Kier alpha value is -2.12. The van der Waals surface area contributed by atoms with E-state index in [0.717, 1.165) is 0 Å². The van der Waals surface area contributed by atoms with E-state index in [-0.39, 0.29) is 5.56 Å². The third-order valence-electron chi connectivity index (χ3n) is 2.91. The van der Waals surface area contributed by atoms with Gasteiger partial charge in [0.25, 0.3) is 5.91 Å². The second-order valence-electron chi connectivity index (χ2n) is 5.55. The topological polar surface area (TPSA) is 59.8 Å². The number of imidazole rings is 1. The van der Waals surface area contributed by atoms with Crippen molar-refractivity contribution in [3.8, 4) is 0 Å². The van der Waals surface area contributed by atoms with Gasteiger partial charge in [-0.2, -0.15) is 13.2 Å². The van der Waals surface area contributed by atoms with E-state index in [1.165, 1.54) is 26.1 Å². The molecule has 2 heterocycles. The van der Waals surface area contributed by atoms with Crippen LogP contribution in [0.15, 0.2) is 18.6 Å². The van der Waals surface area contributed by atoms with Crippen LogP contribution in [0.4, 0.5) is 13.2 Å². The van der Waals surface area contributed by atoms with Gasteiger partial charge in [0.15, 0.2) is 5.65 Å². The smallest absolute Gasteiger partial charge is 0.347 e. The standard InChI is InChI=1S/C13H15F3N4O/c1-12(2,6-13(14,15)16)19-11(21)8-4-9-10(17-5-8)20(3)7-18-9/h4-5,7H,6H2,1-3H3,(H,19,21). The first kappa shape index (κ1) is 15.3. The van der Waals surface area contributed by atoms with E-state index in [1.54, 1.807) is 17.9 Å². The number of pyridine rings is 1. The minimum absolute atomic E-state index is 0.177. The summed E-state index contributed by atoms with van der Waals surface area (Å²) in [6, 6.07) is 1.50. The number of fused-ring (bicyclic) bond motifs is 1. The SMILES string of the molecule is Cn1cnc2cc(C(=O)NC(C)(C)CC(F)(F)F)cnc21. The Morgan fingerprint density at radius 2 is 2.00 bits per heavy atom. The van der Waals surface area contributed by atoms with Crippen LogP contribution in [-0.4, -0.2) is 32.2 Å².